The molecule has 2 aromatic rings. The van der Waals surface area contributed by atoms with E-state index in [9.17, 15) is 0 Å². The van der Waals surface area contributed by atoms with E-state index >= 15 is 0 Å². The third-order valence-electron chi connectivity index (χ3n) is 2.94. The molecule has 0 spiro atoms. The zero-order valence-corrected chi connectivity index (χ0v) is 10.1. The molecule has 2 aromatic carbocycles. The van der Waals surface area contributed by atoms with Crippen molar-refractivity contribution in [2.45, 2.75) is 6.92 Å². The van der Waals surface area contributed by atoms with Gasteiger partial charge in [-0.2, -0.15) is 0 Å². The zero-order valence-electron chi connectivity index (χ0n) is 10.1. The first-order chi connectivity index (χ1) is 8.72. The predicted molar refractivity (Wildman–Crippen MR) is 71.4 cm³/mol. The average molecular weight is 242 g/mol. The number of fused-ring (bicyclic) bond motifs is 1. The summed E-state index contributed by atoms with van der Waals surface area (Å²) in [4.78, 5) is 0. The van der Waals surface area contributed by atoms with E-state index in [1.54, 1.807) is 0 Å². The van der Waals surface area contributed by atoms with Crippen molar-refractivity contribution in [2.75, 3.05) is 17.8 Å². The van der Waals surface area contributed by atoms with Gasteiger partial charge in [0.25, 0.3) is 0 Å². The van der Waals surface area contributed by atoms with E-state index in [1.165, 1.54) is 0 Å². The topological polar surface area (TPSA) is 56.5 Å². The maximum atomic E-state index is 5.88. The molecule has 0 fully saturated rings. The van der Waals surface area contributed by atoms with Crippen LogP contribution in [0.3, 0.4) is 0 Å². The Morgan fingerprint density at radius 3 is 2.56 bits per heavy atom. The molecule has 0 aliphatic carbocycles. The summed E-state index contributed by atoms with van der Waals surface area (Å²) in [5.74, 6) is 1.55. The Hall–Kier alpha value is -2.36. The fraction of sp³-hybridized carbons (Fsp3) is 0.143. The summed E-state index contributed by atoms with van der Waals surface area (Å²) in [6.45, 7) is 2.27. The lowest BCUT2D eigenvalue weighted by atomic mass is 10.2. The van der Waals surface area contributed by atoms with Gasteiger partial charge < -0.3 is 20.5 Å². The summed E-state index contributed by atoms with van der Waals surface area (Å²) in [5, 5.41) is 3.29. The molecule has 1 aliphatic heterocycles. The number of nitrogens with two attached hydrogens (primary N) is 1. The van der Waals surface area contributed by atoms with E-state index in [0.717, 1.165) is 34.1 Å². The lowest BCUT2D eigenvalue weighted by Gasteiger charge is -2.09. The normalized spacial score (nSPS) is 12.5. The first-order valence-corrected chi connectivity index (χ1v) is 5.75. The second kappa shape index (κ2) is 4.14. The van der Waals surface area contributed by atoms with Gasteiger partial charge in [-0.25, -0.2) is 0 Å². The fourth-order valence-electron chi connectivity index (χ4n) is 1.86. The van der Waals surface area contributed by atoms with Crippen molar-refractivity contribution >= 4 is 17.1 Å². The van der Waals surface area contributed by atoms with Crippen molar-refractivity contribution in [3.63, 3.8) is 0 Å². The Morgan fingerprint density at radius 2 is 1.72 bits per heavy atom. The van der Waals surface area contributed by atoms with Crippen LogP contribution in [-0.2, 0) is 0 Å². The molecule has 1 heterocycles. The van der Waals surface area contributed by atoms with E-state index in [-0.39, 0.29) is 6.79 Å². The molecular formula is C14H14N2O2. The monoisotopic (exact) mass is 242 g/mol. The minimum Gasteiger partial charge on any atom is -0.454 e. The molecule has 3 rings (SSSR count). The number of hydrogen-bond donors (Lipinski definition) is 2. The molecule has 0 unspecified atom stereocenters. The lowest BCUT2D eigenvalue weighted by Crippen LogP contribution is -1.94. The van der Waals surface area contributed by atoms with Crippen LogP contribution in [0.25, 0.3) is 0 Å². The highest BCUT2D eigenvalue weighted by Gasteiger charge is 2.13. The maximum absolute atomic E-state index is 5.88. The smallest absolute Gasteiger partial charge is 0.231 e. The number of nitrogen functional groups attached to an aromatic ring is 1. The summed E-state index contributed by atoms with van der Waals surface area (Å²) in [6, 6.07) is 11.7. The molecule has 0 bridgehead atoms. The second-order valence-electron chi connectivity index (χ2n) is 4.26. The minimum absolute atomic E-state index is 0.288. The van der Waals surface area contributed by atoms with Crippen molar-refractivity contribution in [1.29, 1.82) is 0 Å². The molecular weight excluding hydrogens is 228 g/mol. The lowest BCUT2D eigenvalue weighted by molar-refractivity contribution is 0.174. The van der Waals surface area contributed by atoms with Crippen molar-refractivity contribution in [1.82, 2.24) is 0 Å². The van der Waals surface area contributed by atoms with Crippen LogP contribution in [0.15, 0.2) is 36.4 Å². The molecule has 18 heavy (non-hydrogen) atoms. The van der Waals surface area contributed by atoms with Gasteiger partial charge in [0.05, 0.1) is 0 Å². The highest BCUT2D eigenvalue weighted by Crippen LogP contribution is 2.35. The summed E-state index contributed by atoms with van der Waals surface area (Å²) in [6.07, 6.45) is 0. The Kier molecular flexibility index (Phi) is 2.48. The Bertz CT molecular complexity index is 596. The number of aryl methyl sites for hydroxylation is 1. The van der Waals surface area contributed by atoms with E-state index in [1.807, 2.05) is 43.3 Å². The largest absolute Gasteiger partial charge is 0.454 e. The maximum Gasteiger partial charge on any atom is 0.231 e. The summed E-state index contributed by atoms with van der Waals surface area (Å²) in [7, 11) is 0. The quantitative estimate of drug-likeness (QED) is 0.795. The molecule has 0 saturated carbocycles. The van der Waals surface area contributed by atoms with Gasteiger partial charge in [0.2, 0.25) is 6.79 Å². The van der Waals surface area contributed by atoms with Gasteiger partial charge >= 0.3 is 0 Å². The molecule has 4 nitrogen and oxygen atoms in total. The second-order valence-corrected chi connectivity index (χ2v) is 4.26. The van der Waals surface area contributed by atoms with Crippen LogP contribution in [0.1, 0.15) is 5.56 Å². The highest BCUT2D eigenvalue weighted by molar-refractivity contribution is 5.67. The third-order valence-corrected chi connectivity index (χ3v) is 2.94. The number of hydrogen-bond acceptors (Lipinski definition) is 4. The first-order valence-electron chi connectivity index (χ1n) is 5.75. The zero-order chi connectivity index (χ0) is 12.5. The van der Waals surface area contributed by atoms with Gasteiger partial charge in [-0.15, -0.1) is 0 Å². The van der Waals surface area contributed by atoms with Gasteiger partial charge in [-0.05, 0) is 36.8 Å². The van der Waals surface area contributed by atoms with Crippen LogP contribution in [0.2, 0.25) is 0 Å². The molecule has 0 saturated heterocycles. The van der Waals surface area contributed by atoms with Crippen LogP contribution in [0.4, 0.5) is 17.1 Å². The van der Waals surface area contributed by atoms with E-state index in [0.29, 0.717) is 0 Å². The van der Waals surface area contributed by atoms with Crippen molar-refractivity contribution in [2.24, 2.45) is 0 Å². The number of rotatable bonds is 2. The van der Waals surface area contributed by atoms with Crippen molar-refractivity contribution in [3.8, 4) is 11.5 Å². The Labute approximate surface area is 105 Å². The predicted octanol–water partition coefficient (Wildman–Crippen LogP) is 3.05. The van der Waals surface area contributed by atoms with Crippen LogP contribution in [0, 0.1) is 6.92 Å². The van der Waals surface area contributed by atoms with Crippen molar-refractivity contribution in [3.05, 3.63) is 42.0 Å². The first kappa shape index (κ1) is 10.8. The number of anilines is 3. The van der Waals surface area contributed by atoms with Crippen LogP contribution in [0.5, 0.6) is 11.5 Å². The van der Waals surface area contributed by atoms with Crippen molar-refractivity contribution < 1.29 is 9.47 Å². The van der Waals surface area contributed by atoms with Gasteiger partial charge in [0.15, 0.2) is 11.5 Å². The highest BCUT2D eigenvalue weighted by atomic mass is 16.7. The van der Waals surface area contributed by atoms with Gasteiger partial charge in [-0.3, -0.25) is 0 Å². The molecule has 4 heteroatoms. The van der Waals surface area contributed by atoms with Gasteiger partial charge in [0, 0.05) is 23.1 Å². The molecule has 1 aliphatic rings. The van der Waals surface area contributed by atoms with Crippen LogP contribution >= 0.6 is 0 Å². The molecule has 0 radical (unpaired) electrons. The van der Waals surface area contributed by atoms with E-state index in [2.05, 4.69) is 5.32 Å². The SMILES string of the molecule is Cc1ccc(Nc2ccc3c(c2)OCO3)cc1N. The van der Waals surface area contributed by atoms with E-state index < -0.39 is 0 Å². The Morgan fingerprint density at radius 1 is 1.00 bits per heavy atom. The molecule has 0 amide bonds. The summed E-state index contributed by atoms with van der Waals surface area (Å²) in [5.41, 5.74) is 9.64. The molecule has 0 atom stereocenters. The van der Waals surface area contributed by atoms with Gasteiger partial charge in [-0.1, -0.05) is 6.07 Å². The summed E-state index contributed by atoms with van der Waals surface area (Å²) < 4.78 is 10.6. The number of ether oxygens (including phenoxy) is 2. The standard InChI is InChI=1S/C14H14N2O2/c1-9-2-3-10(6-12(9)15)16-11-4-5-13-14(7-11)18-8-17-13/h2-7,16H,8,15H2,1H3. The van der Waals surface area contributed by atoms with Crippen LogP contribution in [-0.4, -0.2) is 6.79 Å². The molecule has 92 valence electrons. The number of benzene rings is 2. The summed E-state index contributed by atoms with van der Waals surface area (Å²) >= 11 is 0. The molecule has 0 aromatic heterocycles. The minimum atomic E-state index is 0.288. The third kappa shape index (κ3) is 1.93. The van der Waals surface area contributed by atoms with Gasteiger partial charge in [0.1, 0.15) is 0 Å². The molecule has 3 N–H and O–H groups in total. The van der Waals surface area contributed by atoms with Crippen LogP contribution < -0.4 is 20.5 Å². The average Bonchev–Trinajstić information content (AvgIpc) is 2.81. The number of nitrogens with one attached hydrogen (secondary N) is 1. The Balaban J connectivity index is 1.85. The van der Waals surface area contributed by atoms with E-state index in [4.69, 9.17) is 15.2 Å². The fourth-order valence-corrected chi connectivity index (χ4v) is 1.86.